The van der Waals surface area contributed by atoms with Gasteiger partial charge in [0.2, 0.25) is 0 Å². The molecule has 2 atom stereocenters. The van der Waals surface area contributed by atoms with Gasteiger partial charge in [0.15, 0.2) is 0 Å². The monoisotopic (exact) mass is 453 g/mol. The summed E-state index contributed by atoms with van der Waals surface area (Å²) in [7, 11) is 0. The zero-order chi connectivity index (χ0) is 23.5. The minimum absolute atomic E-state index is 0.758. The largest absolute Gasteiger partial charge is 0.330 e. The van der Waals surface area contributed by atoms with Gasteiger partial charge in [-0.2, -0.15) is 0 Å². The van der Waals surface area contributed by atoms with E-state index in [4.69, 9.17) is 11.5 Å². The number of rotatable bonds is 27. The molecule has 0 saturated carbocycles. The van der Waals surface area contributed by atoms with Gasteiger partial charge in [-0.25, -0.2) is 0 Å². The molecule has 32 heavy (non-hydrogen) atoms. The lowest BCUT2D eigenvalue weighted by molar-refractivity contribution is 0.379. The smallest absolute Gasteiger partial charge is 0.00489 e. The van der Waals surface area contributed by atoms with Gasteiger partial charge >= 0.3 is 0 Å². The molecule has 0 aromatic rings. The van der Waals surface area contributed by atoms with E-state index in [0.717, 1.165) is 24.9 Å². The zero-order valence-corrected chi connectivity index (χ0v) is 22.7. The predicted molar refractivity (Wildman–Crippen MR) is 147 cm³/mol. The van der Waals surface area contributed by atoms with E-state index in [1.807, 2.05) is 0 Å². The highest BCUT2D eigenvalue weighted by atomic mass is 14.5. The van der Waals surface area contributed by atoms with Crippen LogP contribution in [0.5, 0.6) is 0 Å². The third kappa shape index (κ3) is 23.1. The molecule has 0 aliphatic carbocycles. The summed E-state index contributed by atoms with van der Waals surface area (Å²) in [6.45, 7) is 6.36. The Balaban J connectivity index is 3.54. The fourth-order valence-corrected chi connectivity index (χ4v) is 5.11. The first-order valence-electron chi connectivity index (χ1n) is 15.2. The van der Waals surface area contributed by atoms with Crippen molar-refractivity contribution in [1.29, 1.82) is 0 Å². The van der Waals surface area contributed by atoms with Crippen LogP contribution in [0.2, 0.25) is 0 Å². The first-order valence-corrected chi connectivity index (χ1v) is 15.2. The van der Waals surface area contributed by atoms with Crippen molar-refractivity contribution < 1.29 is 0 Å². The second-order valence-corrected chi connectivity index (χ2v) is 10.7. The highest BCUT2D eigenvalue weighted by molar-refractivity contribution is 4.65. The van der Waals surface area contributed by atoms with Crippen molar-refractivity contribution in [3.63, 3.8) is 0 Å². The Hall–Kier alpha value is -0.0800. The average Bonchev–Trinajstić information content (AvgIpc) is 2.81. The van der Waals surface area contributed by atoms with Crippen molar-refractivity contribution in [2.75, 3.05) is 13.1 Å². The van der Waals surface area contributed by atoms with Crippen molar-refractivity contribution in [2.24, 2.45) is 23.3 Å². The minimum atomic E-state index is 0.758. The summed E-state index contributed by atoms with van der Waals surface area (Å²) >= 11 is 0. The van der Waals surface area contributed by atoms with E-state index in [2.05, 4.69) is 13.8 Å². The lowest BCUT2D eigenvalue weighted by Crippen LogP contribution is -2.16. The molecule has 0 saturated heterocycles. The third-order valence-electron chi connectivity index (χ3n) is 7.57. The Morgan fingerprint density at radius 2 is 0.562 bits per heavy atom. The van der Waals surface area contributed by atoms with Gasteiger partial charge in [0.25, 0.3) is 0 Å². The number of nitrogens with two attached hydrogens (primary N) is 2. The maximum absolute atomic E-state index is 6.07. The number of unbranched alkanes of at least 4 members (excludes halogenated alkanes) is 17. The van der Waals surface area contributed by atoms with Crippen LogP contribution in [0.15, 0.2) is 0 Å². The van der Waals surface area contributed by atoms with Gasteiger partial charge in [-0.15, -0.1) is 0 Å². The summed E-state index contributed by atoms with van der Waals surface area (Å²) < 4.78 is 0. The van der Waals surface area contributed by atoms with Crippen LogP contribution >= 0.6 is 0 Å². The Morgan fingerprint density at radius 3 is 0.812 bits per heavy atom. The molecule has 0 amide bonds. The van der Waals surface area contributed by atoms with E-state index < -0.39 is 0 Å². The van der Waals surface area contributed by atoms with Gasteiger partial charge in [0, 0.05) is 0 Å². The fourth-order valence-electron chi connectivity index (χ4n) is 5.11. The molecular formula is C30H64N2. The quantitative estimate of drug-likeness (QED) is 0.122. The topological polar surface area (TPSA) is 52.0 Å². The number of hydrogen-bond acceptors (Lipinski definition) is 2. The molecule has 0 radical (unpaired) electrons. The van der Waals surface area contributed by atoms with Crippen LogP contribution in [0.1, 0.15) is 168 Å². The molecule has 0 heterocycles. The second-order valence-electron chi connectivity index (χ2n) is 10.7. The third-order valence-corrected chi connectivity index (χ3v) is 7.57. The standard InChI is InChI=1S/C30H64N2/c1-3-5-7-9-11-13-15-17-19-23-29(27-31)25-21-22-26-30(28-32)24-20-18-16-14-12-10-8-6-4-2/h29-30H,3-28,31-32H2,1-2H3. The van der Waals surface area contributed by atoms with Crippen LogP contribution in [0.25, 0.3) is 0 Å². The van der Waals surface area contributed by atoms with Gasteiger partial charge in [0.1, 0.15) is 0 Å². The van der Waals surface area contributed by atoms with E-state index in [1.54, 1.807) is 0 Å². The molecule has 0 aliphatic heterocycles. The summed E-state index contributed by atoms with van der Waals surface area (Å²) in [6, 6.07) is 0. The predicted octanol–water partition coefficient (Wildman–Crippen LogP) is 9.54. The summed E-state index contributed by atoms with van der Waals surface area (Å²) in [4.78, 5) is 0. The summed E-state index contributed by atoms with van der Waals surface area (Å²) in [5.41, 5.74) is 12.1. The minimum Gasteiger partial charge on any atom is -0.330 e. The molecule has 194 valence electrons. The molecule has 0 spiro atoms. The Labute approximate surface area is 204 Å². The van der Waals surface area contributed by atoms with Crippen molar-refractivity contribution in [1.82, 2.24) is 0 Å². The Morgan fingerprint density at radius 1 is 0.344 bits per heavy atom. The van der Waals surface area contributed by atoms with Crippen molar-refractivity contribution in [3.05, 3.63) is 0 Å². The van der Waals surface area contributed by atoms with Crippen LogP contribution in [0.4, 0.5) is 0 Å². The van der Waals surface area contributed by atoms with Crippen molar-refractivity contribution in [2.45, 2.75) is 168 Å². The first kappa shape index (κ1) is 31.9. The highest BCUT2D eigenvalue weighted by Crippen LogP contribution is 2.21. The molecular weight excluding hydrogens is 388 g/mol. The molecule has 0 fully saturated rings. The fraction of sp³-hybridized carbons (Fsp3) is 1.00. The lowest BCUT2D eigenvalue weighted by Gasteiger charge is -2.17. The van der Waals surface area contributed by atoms with E-state index >= 15 is 0 Å². The number of hydrogen-bond donors (Lipinski definition) is 2. The first-order chi connectivity index (χ1) is 15.8. The van der Waals surface area contributed by atoms with Crippen LogP contribution in [-0.4, -0.2) is 13.1 Å². The van der Waals surface area contributed by atoms with Gasteiger partial charge in [0.05, 0.1) is 0 Å². The molecule has 2 heteroatoms. The van der Waals surface area contributed by atoms with Gasteiger partial charge in [-0.3, -0.25) is 0 Å². The Kier molecular flexibility index (Phi) is 27.1. The lowest BCUT2D eigenvalue weighted by atomic mass is 9.91. The summed E-state index contributed by atoms with van der Waals surface area (Å²) in [6.07, 6.45) is 33.7. The molecule has 4 N–H and O–H groups in total. The molecule has 2 unspecified atom stereocenters. The van der Waals surface area contributed by atoms with Crippen LogP contribution in [0.3, 0.4) is 0 Å². The average molecular weight is 453 g/mol. The van der Waals surface area contributed by atoms with Crippen molar-refractivity contribution in [3.8, 4) is 0 Å². The van der Waals surface area contributed by atoms with E-state index in [9.17, 15) is 0 Å². The molecule has 2 nitrogen and oxygen atoms in total. The van der Waals surface area contributed by atoms with E-state index in [0.29, 0.717) is 0 Å². The summed E-state index contributed by atoms with van der Waals surface area (Å²) in [5.74, 6) is 1.52. The summed E-state index contributed by atoms with van der Waals surface area (Å²) in [5, 5.41) is 0. The highest BCUT2D eigenvalue weighted by Gasteiger charge is 2.09. The molecule has 0 aromatic heterocycles. The van der Waals surface area contributed by atoms with Crippen LogP contribution in [-0.2, 0) is 0 Å². The van der Waals surface area contributed by atoms with Crippen LogP contribution < -0.4 is 11.5 Å². The van der Waals surface area contributed by atoms with Gasteiger partial charge in [-0.05, 0) is 50.6 Å². The van der Waals surface area contributed by atoms with Crippen molar-refractivity contribution >= 4 is 0 Å². The molecule has 0 rings (SSSR count). The van der Waals surface area contributed by atoms with Gasteiger partial charge < -0.3 is 11.5 Å². The molecule has 0 aromatic carbocycles. The molecule has 0 aliphatic rings. The van der Waals surface area contributed by atoms with Crippen LogP contribution in [0, 0.1) is 11.8 Å². The van der Waals surface area contributed by atoms with E-state index in [1.165, 1.54) is 154 Å². The van der Waals surface area contributed by atoms with Gasteiger partial charge in [-0.1, -0.05) is 142 Å². The normalized spacial score (nSPS) is 13.5. The Bertz CT molecular complexity index is 299. The SMILES string of the molecule is CCCCCCCCCCCC(CN)CCCCC(CN)CCCCCCCCCCC. The molecule has 0 bridgehead atoms. The maximum atomic E-state index is 6.07. The van der Waals surface area contributed by atoms with E-state index in [-0.39, 0.29) is 0 Å². The second kappa shape index (κ2) is 27.2. The maximum Gasteiger partial charge on any atom is -0.00489 e. The zero-order valence-electron chi connectivity index (χ0n) is 22.7.